The zero-order valence-electron chi connectivity index (χ0n) is 16.4. The fourth-order valence-electron chi connectivity index (χ4n) is 2.78. The Bertz CT molecular complexity index is 793. The van der Waals surface area contributed by atoms with Gasteiger partial charge in [-0.2, -0.15) is 0 Å². The van der Waals surface area contributed by atoms with Crippen LogP contribution >= 0.6 is 11.6 Å². The van der Waals surface area contributed by atoms with Crippen LogP contribution in [-0.4, -0.2) is 28.8 Å². The predicted octanol–water partition coefficient (Wildman–Crippen LogP) is 4.35. The standard InChI is InChI=1S/C22H26ClFN2O2/c1-4-15(2)25-22(28)16(3)26(14-17-9-6-5-7-10-17)21(27)13-18-19(23)11-8-12-20(18)24/h5-12,15-16H,4,13-14H2,1-3H3,(H,25,28)/t15-,16-/m0/s1. The van der Waals surface area contributed by atoms with Gasteiger partial charge in [0.1, 0.15) is 11.9 Å². The van der Waals surface area contributed by atoms with Crippen molar-refractivity contribution in [3.05, 3.63) is 70.5 Å². The summed E-state index contributed by atoms with van der Waals surface area (Å²) < 4.78 is 14.1. The third-order valence-electron chi connectivity index (χ3n) is 4.75. The van der Waals surface area contributed by atoms with Gasteiger partial charge >= 0.3 is 0 Å². The lowest BCUT2D eigenvalue weighted by molar-refractivity contribution is -0.140. The molecule has 0 aliphatic rings. The Kier molecular flexibility index (Phi) is 8.00. The Labute approximate surface area is 170 Å². The quantitative estimate of drug-likeness (QED) is 0.710. The number of carbonyl (C=O) groups excluding carboxylic acids is 2. The summed E-state index contributed by atoms with van der Waals surface area (Å²) >= 11 is 6.08. The summed E-state index contributed by atoms with van der Waals surface area (Å²) in [7, 11) is 0. The molecule has 0 fully saturated rings. The van der Waals surface area contributed by atoms with Gasteiger partial charge in [0.05, 0.1) is 6.42 Å². The number of nitrogens with one attached hydrogen (secondary N) is 1. The van der Waals surface area contributed by atoms with Crippen LogP contribution in [-0.2, 0) is 22.6 Å². The van der Waals surface area contributed by atoms with Crippen molar-refractivity contribution in [1.82, 2.24) is 10.2 Å². The van der Waals surface area contributed by atoms with Gasteiger partial charge < -0.3 is 10.2 Å². The molecule has 0 radical (unpaired) electrons. The molecule has 0 aromatic heterocycles. The molecule has 0 spiro atoms. The summed E-state index contributed by atoms with van der Waals surface area (Å²) in [4.78, 5) is 27.1. The van der Waals surface area contributed by atoms with Crippen molar-refractivity contribution in [2.45, 2.75) is 52.2 Å². The molecule has 2 rings (SSSR count). The predicted molar refractivity (Wildman–Crippen MR) is 109 cm³/mol. The number of hydrogen-bond donors (Lipinski definition) is 1. The topological polar surface area (TPSA) is 49.4 Å². The fraction of sp³-hybridized carbons (Fsp3) is 0.364. The second kappa shape index (κ2) is 10.2. The minimum absolute atomic E-state index is 0.00430. The van der Waals surface area contributed by atoms with Gasteiger partial charge in [-0.15, -0.1) is 0 Å². The van der Waals surface area contributed by atoms with Crippen molar-refractivity contribution < 1.29 is 14.0 Å². The van der Waals surface area contributed by atoms with E-state index < -0.39 is 11.9 Å². The highest BCUT2D eigenvalue weighted by Crippen LogP contribution is 2.21. The minimum atomic E-state index is -0.702. The van der Waals surface area contributed by atoms with Crippen LogP contribution in [0.4, 0.5) is 4.39 Å². The minimum Gasteiger partial charge on any atom is -0.352 e. The second-order valence-electron chi connectivity index (χ2n) is 6.88. The molecule has 28 heavy (non-hydrogen) atoms. The van der Waals surface area contributed by atoms with Crippen LogP contribution in [0.25, 0.3) is 0 Å². The van der Waals surface area contributed by atoms with E-state index in [1.54, 1.807) is 13.0 Å². The van der Waals surface area contributed by atoms with E-state index in [1.165, 1.54) is 17.0 Å². The second-order valence-corrected chi connectivity index (χ2v) is 7.29. The Morgan fingerprint density at radius 2 is 1.79 bits per heavy atom. The maximum atomic E-state index is 14.1. The summed E-state index contributed by atoms with van der Waals surface area (Å²) in [6.07, 6.45) is 0.579. The number of halogens is 2. The molecule has 0 saturated heterocycles. The van der Waals surface area contributed by atoms with Crippen LogP contribution < -0.4 is 5.32 Å². The molecular weight excluding hydrogens is 379 g/mol. The lowest BCUT2D eigenvalue weighted by Gasteiger charge is -2.30. The Morgan fingerprint density at radius 3 is 2.39 bits per heavy atom. The zero-order chi connectivity index (χ0) is 20.7. The molecule has 2 atom stereocenters. The van der Waals surface area contributed by atoms with Crippen LogP contribution in [0.5, 0.6) is 0 Å². The van der Waals surface area contributed by atoms with Crippen molar-refractivity contribution in [3.8, 4) is 0 Å². The number of hydrogen-bond acceptors (Lipinski definition) is 2. The van der Waals surface area contributed by atoms with Gasteiger partial charge in [-0.25, -0.2) is 4.39 Å². The molecule has 2 amide bonds. The summed E-state index contributed by atoms with van der Waals surface area (Å²) in [5, 5.41) is 3.10. The molecule has 1 N–H and O–H groups in total. The van der Waals surface area contributed by atoms with Gasteiger partial charge in [0, 0.05) is 23.2 Å². The van der Waals surface area contributed by atoms with Crippen molar-refractivity contribution in [2.75, 3.05) is 0 Å². The van der Waals surface area contributed by atoms with Gasteiger partial charge in [-0.1, -0.05) is 54.9 Å². The van der Waals surface area contributed by atoms with Gasteiger partial charge in [-0.3, -0.25) is 9.59 Å². The van der Waals surface area contributed by atoms with Crippen LogP contribution in [0, 0.1) is 5.82 Å². The van der Waals surface area contributed by atoms with E-state index in [0.29, 0.717) is 0 Å². The van der Waals surface area contributed by atoms with E-state index in [9.17, 15) is 14.0 Å². The monoisotopic (exact) mass is 404 g/mol. The average molecular weight is 405 g/mol. The molecule has 0 unspecified atom stereocenters. The molecule has 150 valence electrons. The van der Waals surface area contributed by atoms with E-state index in [-0.39, 0.29) is 41.4 Å². The smallest absolute Gasteiger partial charge is 0.242 e. The van der Waals surface area contributed by atoms with E-state index in [2.05, 4.69) is 5.32 Å². The summed E-state index contributed by atoms with van der Waals surface area (Å²) in [5.74, 6) is -1.13. The number of carbonyl (C=O) groups is 2. The van der Waals surface area contributed by atoms with Gasteiger partial charge in [-0.05, 0) is 38.0 Å². The van der Waals surface area contributed by atoms with Crippen molar-refractivity contribution in [3.63, 3.8) is 0 Å². The highest BCUT2D eigenvalue weighted by molar-refractivity contribution is 6.31. The van der Waals surface area contributed by atoms with E-state index in [4.69, 9.17) is 11.6 Å². The molecule has 2 aromatic rings. The van der Waals surface area contributed by atoms with Crippen LogP contribution in [0.1, 0.15) is 38.3 Å². The van der Waals surface area contributed by atoms with Gasteiger partial charge in [0.25, 0.3) is 0 Å². The molecule has 6 heteroatoms. The van der Waals surface area contributed by atoms with E-state index >= 15 is 0 Å². The normalized spacial score (nSPS) is 12.9. The molecule has 4 nitrogen and oxygen atoms in total. The third kappa shape index (κ3) is 5.80. The highest BCUT2D eigenvalue weighted by atomic mass is 35.5. The van der Waals surface area contributed by atoms with Crippen molar-refractivity contribution >= 4 is 23.4 Å². The van der Waals surface area contributed by atoms with Crippen LogP contribution in [0.15, 0.2) is 48.5 Å². The fourth-order valence-corrected chi connectivity index (χ4v) is 3.01. The van der Waals surface area contributed by atoms with E-state index in [1.807, 2.05) is 44.2 Å². The first-order valence-electron chi connectivity index (χ1n) is 9.40. The first-order valence-corrected chi connectivity index (χ1v) is 9.77. The number of benzene rings is 2. The number of nitrogens with zero attached hydrogens (tertiary/aromatic N) is 1. The van der Waals surface area contributed by atoms with Crippen molar-refractivity contribution in [1.29, 1.82) is 0 Å². The molecular formula is C22H26ClFN2O2. The summed E-state index contributed by atoms with van der Waals surface area (Å²) in [5.41, 5.74) is 1.03. The summed E-state index contributed by atoms with van der Waals surface area (Å²) in [6.45, 7) is 5.82. The molecule has 0 aliphatic heterocycles. The SMILES string of the molecule is CC[C@H](C)NC(=O)[C@H](C)N(Cc1ccccc1)C(=O)Cc1c(F)cccc1Cl. The maximum absolute atomic E-state index is 14.1. The van der Waals surface area contributed by atoms with Crippen molar-refractivity contribution in [2.24, 2.45) is 0 Å². The number of rotatable bonds is 8. The van der Waals surface area contributed by atoms with Gasteiger partial charge in [0.2, 0.25) is 11.8 Å². The first kappa shape index (κ1) is 21.9. The average Bonchev–Trinajstić information content (AvgIpc) is 2.69. The third-order valence-corrected chi connectivity index (χ3v) is 5.11. The van der Waals surface area contributed by atoms with Crippen LogP contribution in [0.3, 0.4) is 0 Å². The van der Waals surface area contributed by atoms with Crippen LogP contribution in [0.2, 0.25) is 5.02 Å². The van der Waals surface area contributed by atoms with E-state index in [0.717, 1.165) is 12.0 Å². The molecule has 0 aliphatic carbocycles. The maximum Gasteiger partial charge on any atom is 0.242 e. The number of amides is 2. The first-order chi connectivity index (χ1) is 13.3. The Morgan fingerprint density at radius 1 is 1.11 bits per heavy atom. The Hall–Kier alpha value is -2.40. The lowest BCUT2D eigenvalue weighted by Crippen LogP contribution is -2.50. The molecule has 0 saturated carbocycles. The summed E-state index contributed by atoms with van der Waals surface area (Å²) in [6, 6.07) is 13.0. The molecule has 2 aromatic carbocycles. The Balaban J connectivity index is 2.26. The highest BCUT2D eigenvalue weighted by Gasteiger charge is 2.27. The molecule has 0 bridgehead atoms. The largest absolute Gasteiger partial charge is 0.352 e. The lowest BCUT2D eigenvalue weighted by atomic mass is 10.1. The zero-order valence-corrected chi connectivity index (χ0v) is 17.2. The molecule has 0 heterocycles. The van der Waals surface area contributed by atoms with Gasteiger partial charge in [0.15, 0.2) is 0 Å².